The molecule has 0 aromatic heterocycles. The van der Waals surface area contributed by atoms with Gasteiger partial charge >= 0.3 is 0 Å². The van der Waals surface area contributed by atoms with Gasteiger partial charge < -0.3 is 14.4 Å². The fourth-order valence-corrected chi connectivity index (χ4v) is 3.07. The number of ether oxygens (including phenoxy) is 2. The van der Waals surface area contributed by atoms with Gasteiger partial charge in [-0.3, -0.25) is 4.79 Å². The number of ketones is 1. The van der Waals surface area contributed by atoms with Gasteiger partial charge in [0.05, 0.1) is 5.02 Å². The first-order valence-corrected chi connectivity index (χ1v) is 7.86. The summed E-state index contributed by atoms with van der Waals surface area (Å²) in [5.74, 6) is 2.09. The van der Waals surface area contributed by atoms with Gasteiger partial charge in [0.2, 0.25) is 6.79 Å². The Morgan fingerprint density at radius 2 is 1.95 bits per heavy atom. The van der Waals surface area contributed by atoms with E-state index in [9.17, 15) is 4.79 Å². The molecule has 1 fully saturated rings. The minimum absolute atomic E-state index is 0.0666. The van der Waals surface area contributed by atoms with Gasteiger partial charge in [0.1, 0.15) is 0 Å². The van der Waals surface area contributed by atoms with Gasteiger partial charge in [-0.2, -0.15) is 0 Å². The zero-order chi connectivity index (χ0) is 14.8. The first-order valence-electron chi connectivity index (χ1n) is 7.48. The van der Waals surface area contributed by atoms with Crippen LogP contribution in [0.3, 0.4) is 0 Å². The van der Waals surface area contributed by atoms with Gasteiger partial charge in [0, 0.05) is 24.6 Å². The third kappa shape index (κ3) is 3.33. The highest BCUT2D eigenvalue weighted by Gasteiger charge is 2.21. The van der Waals surface area contributed by atoms with Crippen molar-refractivity contribution in [1.29, 1.82) is 0 Å². The highest BCUT2D eigenvalue weighted by atomic mass is 35.5. The van der Waals surface area contributed by atoms with E-state index in [0.717, 1.165) is 25.6 Å². The number of carbonyl (C=O) groups is 1. The standard InChI is InChI=1S/C16H20ClNO3/c1-11-2-5-18(6-3-11)7-4-14(19)12-8-15-16(9-13(12)17)21-10-20-15/h8-9,11H,2-7,10H2,1H3. The Morgan fingerprint density at radius 1 is 1.29 bits per heavy atom. The quantitative estimate of drug-likeness (QED) is 0.799. The van der Waals surface area contributed by atoms with E-state index in [0.29, 0.717) is 28.5 Å². The fraction of sp³-hybridized carbons (Fsp3) is 0.562. The summed E-state index contributed by atoms with van der Waals surface area (Å²) in [4.78, 5) is 14.7. The molecule has 0 radical (unpaired) electrons. The molecule has 0 saturated carbocycles. The van der Waals surface area contributed by atoms with E-state index in [4.69, 9.17) is 21.1 Å². The second kappa shape index (κ2) is 6.24. The highest BCUT2D eigenvalue weighted by molar-refractivity contribution is 6.34. The number of halogens is 1. The molecule has 114 valence electrons. The molecule has 1 saturated heterocycles. The number of likely N-dealkylation sites (tertiary alicyclic amines) is 1. The average molecular weight is 310 g/mol. The summed E-state index contributed by atoms with van der Waals surface area (Å²) in [5.41, 5.74) is 0.534. The Balaban J connectivity index is 1.61. The summed E-state index contributed by atoms with van der Waals surface area (Å²) in [6.45, 7) is 5.45. The van der Waals surface area contributed by atoms with Crippen molar-refractivity contribution in [3.63, 3.8) is 0 Å². The molecular formula is C16H20ClNO3. The van der Waals surface area contributed by atoms with Crippen molar-refractivity contribution in [1.82, 2.24) is 4.90 Å². The minimum Gasteiger partial charge on any atom is -0.454 e. The van der Waals surface area contributed by atoms with Crippen LogP contribution in [0.2, 0.25) is 5.02 Å². The maximum atomic E-state index is 12.4. The smallest absolute Gasteiger partial charge is 0.231 e. The number of nitrogens with zero attached hydrogens (tertiary/aromatic N) is 1. The summed E-state index contributed by atoms with van der Waals surface area (Å²) in [7, 11) is 0. The number of rotatable bonds is 4. The van der Waals surface area contributed by atoms with Crippen LogP contribution < -0.4 is 9.47 Å². The molecule has 1 aromatic rings. The lowest BCUT2D eigenvalue weighted by Crippen LogP contribution is -2.34. The summed E-state index contributed by atoms with van der Waals surface area (Å²) in [6, 6.07) is 3.37. The van der Waals surface area contributed by atoms with Crippen molar-refractivity contribution in [2.45, 2.75) is 26.2 Å². The van der Waals surface area contributed by atoms with Crippen molar-refractivity contribution < 1.29 is 14.3 Å². The molecular weight excluding hydrogens is 290 g/mol. The third-order valence-corrected chi connectivity index (χ3v) is 4.61. The van der Waals surface area contributed by atoms with Crippen LogP contribution in [-0.4, -0.2) is 37.1 Å². The molecule has 21 heavy (non-hydrogen) atoms. The third-order valence-electron chi connectivity index (χ3n) is 4.29. The van der Waals surface area contributed by atoms with E-state index in [1.54, 1.807) is 12.1 Å². The number of fused-ring (bicyclic) bond motifs is 1. The van der Waals surface area contributed by atoms with E-state index >= 15 is 0 Å². The van der Waals surface area contributed by atoms with Crippen LogP contribution in [0.15, 0.2) is 12.1 Å². The topological polar surface area (TPSA) is 38.8 Å². The Bertz CT molecular complexity index is 539. The van der Waals surface area contributed by atoms with Crippen LogP contribution in [0.25, 0.3) is 0 Å². The Labute approximate surface area is 130 Å². The molecule has 1 aromatic carbocycles. The maximum Gasteiger partial charge on any atom is 0.231 e. The lowest BCUT2D eigenvalue weighted by atomic mass is 9.99. The highest BCUT2D eigenvalue weighted by Crippen LogP contribution is 2.37. The molecule has 5 heteroatoms. The second-order valence-corrected chi connectivity index (χ2v) is 6.29. The molecule has 2 heterocycles. The molecule has 0 aliphatic carbocycles. The largest absolute Gasteiger partial charge is 0.454 e. The van der Waals surface area contributed by atoms with Gasteiger partial charge in [0.25, 0.3) is 0 Å². The van der Waals surface area contributed by atoms with Crippen LogP contribution in [-0.2, 0) is 0 Å². The van der Waals surface area contributed by atoms with Gasteiger partial charge in [-0.1, -0.05) is 18.5 Å². The average Bonchev–Trinajstić information content (AvgIpc) is 2.92. The number of hydrogen-bond donors (Lipinski definition) is 0. The number of hydrogen-bond acceptors (Lipinski definition) is 4. The summed E-state index contributed by atoms with van der Waals surface area (Å²) in [6.07, 6.45) is 2.94. The number of piperidine rings is 1. The van der Waals surface area contributed by atoms with Crippen molar-refractivity contribution in [3.05, 3.63) is 22.7 Å². The Kier molecular flexibility index (Phi) is 4.36. The Hall–Kier alpha value is -1.26. The molecule has 0 N–H and O–H groups in total. The summed E-state index contributed by atoms with van der Waals surface area (Å²) in [5, 5.41) is 0.441. The zero-order valence-corrected chi connectivity index (χ0v) is 13.0. The van der Waals surface area contributed by atoms with Gasteiger partial charge in [-0.25, -0.2) is 0 Å². The van der Waals surface area contributed by atoms with Crippen LogP contribution in [0.4, 0.5) is 0 Å². The lowest BCUT2D eigenvalue weighted by Gasteiger charge is -2.29. The minimum atomic E-state index is 0.0666. The molecule has 4 nitrogen and oxygen atoms in total. The molecule has 0 bridgehead atoms. The van der Waals surface area contributed by atoms with Crippen molar-refractivity contribution in [2.24, 2.45) is 5.92 Å². The van der Waals surface area contributed by atoms with E-state index in [2.05, 4.69) is 11.8 Å². The van der Waals surface area contributed by atoms with E-state index in [1.165, 1.54) is 12.8 Å². The first kappa shape index (κ1) is 14.7. The predicted molar refractivity (Wildman–Crippen MR) is 81.4 cm³/mol. The molecule has 2 aliphatic rings. The summed E-state index contributed by atoms with van der Waals surface area (Å²) >= 11 is 6.17. The van der Waals surface area contributed by atoms with Crippen LogP contribution >= 0.6 is 11.6 Å². The molecule has 0 unspecified atom stereocenters. The van der Waals surface area contributed by atoms with Crippen LogP contribution in [0, 0.1) is 5.92 Å². The monoisotopic (exact) mass is 309 g/mol. The number of Topliss-reactive ketones (excluding diaryl/α,β-unsaturated/α-hetero) is 1. The fourth-order valence-electron chi connectivity index (χ4n) is 2.81. The zero-order valence-electron chi connectivity index (χ0n) is 12.2. The molecule has 2 aliphatic heterocycles. The predicted octanol–water partition coefficient (Wildman–Crippen LogP) is 3.37. The van der Waals surface area contributed by atoms with Gasteiger partial charge in [0.15, 0.2) is 17.3 Å². The second-order valence-electron chi connectivity index (χ2n) is 5.88. The van der Waals surface area contributed by atoms with Gasteiger partial charge in [-0.15, -0.1) is 0 Å². The van der Waals surface area contributed by atoms with Crippen LogP contribution in [0.5, 0.6) is 11.5 Å². The molecule has 0 spiro atoms. The SMILES string of the molecule is CC1CCN(CCC(=O)c2cc3c(cc2Cl)OCO3)CC1. The van der Waals surface area contributed by atoms with Crippen molar-refractivity contribution in [3.8, 4) is 11.5 Å². The van der Waals surface area contributed by atoms with E-state index in [-0.39, 0.29) is 12.6 Å². The van der Waals surface area contributed by atoms with E-state index in [1.807, 2.05) is 0 Å². The first-order chi connectivity index (χ1) is 10.1. The van der Waals surface area contributed by atoms with Crippen molar-refractivity contribution in [2.75, 3.05) is 26.4 Å². The van der Waals surface area contributed by atoms with Crippen molar-refractivity contribution >= 4 is 17.4 Å². The maximum absolute atomic E-state index is 12.4. The molecule has 0 amide bonds. The molecule has 0 atom stereocenters. The van der Waals surface area contributed by atoms with Crippen LogP contribution in [0.1, 0.15) is 36.5 Å². The number of benzene rings is 1. The van der Waals surface area contributed by atoms with E-state index < -0.39 is 0 Å². The lowest BCUT2D eigenvalue weighted by molar-refractivity contribution is 0.0952. The Morgan fingerprint density at radius 3 is 2.67 bits per heavy atom. The molecule has 3 rings (SSSR count). The number of carbonyl (C=O) groups excluding carboxylic acids is 1. The van der Waals surface area contributed by atoms with Gasteiger partial charge in [-0.05, 0) is 37.9 Å². The normalized spacial score (nSPS) is 19.0. The summed E-state index contributed by atoms with van der Waals surface area (Å²) < 4.78 is 10.6.